The third-order valence-electron chi connectivity index (χ3n) is 4.98. The van der Waals surface area contributed by atoms with Gasteiger partial charge in [0.2, 0.25) is 5.91 Å². The van der Waals surface area contributed by atoms with Crippen LogP contribution in [-0.2, 0) is 4.79 Å². The van der Waals surface area contributed by atoms with Gasteiger partial charge in [0.05, 0.1) is 5.92 Å². The summed E-state index contributed by atoms with van der Waals surface area (Å²) in [5, 5.41) is 3.31. The Bertz CT molecular complexity index is 312. The van der Waals surface area contributed by atoms with E-state index >= 15 is 0 Å². The van der Waals surface area contributed by atoms with Crippen LogP contribution in [0.1, 0.15) is 26.2 Å². The van der Waals surface area contributed by atoms with E-state index in [1.165, 1.54) is 19.3 Å². The molecule has 1 aliphatic heterocycles. The highest BCUT2D eigenvalue weighted by Crippen LogP contribution is 2.37. The second kappa shape index (κ2) is 5.17. The molecular weight excluding hydrogens is 226 g/mol. The fraction of sp³-hybridized carbons (Fsp3) is 0.929. The van der Waals surface area contributed by atoms with E-state index in [2.05, 4.69) is 31.2 Å². The topological polar surface area (TPSA) is 35.6 Å². The SMILES string of the molecule is CC1CNCC1C(=O)N(C)CC1(N(C)C)CCC1. The van der Waals surface area contributed by atoms with Gasteiger partial charge in [-0.2, -0.15) is 0 Å². The minimum absolute atomic E-state index is 0.175. The molecule has 1 aliphatic carbocycles. The number of carbonyl (C=O) groups is 1. The maximum Gasteiger partial charge on any atom is 0.227 e. The van der Waals surface area contributed by atoms with E-state index in [4.69, 9.17) is 0 Å². The van der Waals surface area contributed by atoms with Crippen molar-refractivity contribution in [3.63, 3.8) is 0 Å². The third kappa shape index (κ3) is 2.41. The average Bonchev–Trinajstić information content (AvgIpc) is 2.67. The molecule has 2 aliphatic rings. The molecule has 0 spiro atoms. The van der Waals surface area contributed by atoms with Crippen LogP contribution in [0.5, 0.6) is 0 Å². The van der Waals surface area contributed by atoms with Crippen LogP contribution >= 0.6 is 0 Å². The van der Waals surface area contributed by atoms with Gasteiger partial charge in [0.1, 0.15) is 0 Å². The Morgan fingerprint density at radius 2 is 1.94 bits per heavy atom. The van der Waals surface area contributed by atoms with E-state index in [0.29, 0.717) is 11.8 Å². The minimum Gasteiger partial charge on any atom is -0.344 e. The molecule has 0 radical (unpaired) electrons. The summed E-state index contributed by atoms with van der Waals surface area (Å²) in [6.07, 6.45) is 3.73. The number of hydrogen-bond donors (Lipinski definition) is 1. The summed E-state index contributed by atoms with van der Waals surface area (Å²) in [4.78, 5) is 16.7. The van der Waals surface area contributed by atoms with Crippen molar-refractivity contribution in [2.75, 3.05) is 40.8 Å². The van der Waals surface area contributed by atoms with Crippen LogP contribution < -0.4 is 5.32 Å². The molecule has 0 bridgehead atoms. The Balaban J connectivity index is 1.95. The summed E-state index contributed by atoms with van der Waals surface area (Å²) >= 11 is 0. The van der Waals surface area contributed by atoms with Crippen LogP contribution in [0, 0.1) is 11.8 Å². The summed E-state index contributed by atoms with van der Waals surface area (Å²) in [6, 6.07) is 0. The lowest BCUT2D eigenvalue weighted by Gasteiger charge is -2.49. The fourth-order valence-corrected chi connectivity index (χ4v) is 3.27. The quantitative estimate of drug-likeness (QED) is 0.804. The van der Waals surface area contributed by atoms with Crippen molar-refractivity contribution in [3.8, 4) is 0 Å². The Kier molecular flexibility index (Phi) is 3.97. The van der Waals surface area contributed by atoms with Crippen molar-refractivity contribution in [3.05, 3.63) is 0 Å². The maximum absolute atomic E-state index is 12.5. The molecular formula is C14H27N3O. The van der Waals surface area contributed by atoms with Gasteiger partial charge >= 0.3 is 0 Å². The van der Waals surface area contributed by atoms with E-state index in [1.807, 2.05) is 11.9 Å². The van der Waals surface area contributed by atoms with Gasteiger partial charge in [-0.25, -0.2) is 0 Å². The molecule has 2 rings (SSSR count). The Morgan fingerprint density at radius 3 is 2.33 bits per heavy atom. The van der Waals surface area contributed by atoms with Crippen molar-refractivity contribution >= 4 is 5.91 Å². The monoisotopic (exact) mass is 253 g/mol. The minimum atomic E-state index is 0.175. The smallest absolute Gasteiger partial charge is 0.227 e. The van der Waals surface area contributed by atoms with Gasteiger partial charge in [-0.05, 0) is 45.8 Å². The molecule has 0 aromatic rings. The Labute approximate surface area is 111 Å². The van der Waals surface area contributed by atoms with E-state index in [1.54, 1.807) is 0 Å². The molecule has 2 fully saturated rings. The van der Waals surface area contributed by atoms with Gasteiger partial charge in [-0.15, -0.1) is 0 Å². The molecule has 1 heterocycles. The van der Waals surface area contributed by atoms with Crippen molar-refractivity contribution in [2.45, 2.75) is 31.7 Å². The van der Waals surface area contributed by atoms with Gasteiger partial charge in [0, 0.05) is 25.7 Å². The lowest BCUT2D eigenvalue weighted by molar-refractivity contribution is -0.137. The van der Waals surface area contributed by atoms with Crippen molar-refractivity contribution in [2.24, 2.45) is 11.8 Å². The predicted molar refractivity (Wildman–Crippen MR) is 73.4 cm³/mol. The van der Waals surface area contributed by atoms with Gasteiger partial charge in [0.15, 0.2) is 0 Å². The van der Waals surface area contributed by atoms with E-state index in [9.17, 15) is 4.79 Å². The number of hydrogen-bond acceptors (Lipinski definition) is 3. The van der Waals surface area contributed by atoms with Crippen LogP contribution in [0.25, 0.3) is 0 Å². The molecule has 4 heteroatoms. The van der Waals surface area contributed by atoms with Crippen LogP contribution in [0.3, 0.4) is 0 Å². The second-order valence-corrected chi connectivity index (χ2v) is 6.41. The van der Waals surface area contributed by atoms with E-state index in [-0.39, 0.29) is 11.5 Å². The number of nitrogens with one attached hydrogen (secondary N) is 1. The molecule has 1 amide bonds. The lowest BCUT2D eigenvalue weighted by Crippen LogP contribution is -2.58. The first-order chi connectivity index (χ1) is 8.46. The number of amides is 1. The van der Waals surface area contributed by atoms with Gasteiger partial charge in [0.25, 0.3) is 0 Å². The highest BCUT2D eigenvalue weighted by atomic mass is 16.2. The first-order valence-electron chi connectivity index (χ1n) is 7.09. The molecule has 0 aromatic carbocycles. The zero-order valence-corrected chi connectivity index (χ0v) is 12.2. The fourth-order valence-electron chi connectivity index (χ4n) is 3.27. The largest absolute Gasteiger partial charge is 0.344 e. The van der Waals surface area contributed by atoms with Crippen LogP contribution in [0.2, 0.25) is 0 Å². The van der Waals surface area contributed by atoms with Crippen molar-refractivity contribution < 1.29 is 4.79 Å². The summed E-state index contributed by atoms with van der Waals surface area (Å²) in [5.41, 5.74) is 0.236. The first-order valence-corrected chi connectivity index (χ1v) is 7.09. The molecule has 1 saturated heterocycles. The number of likely N-dealkylation sites (N-methyl/N-ethyl adjacent to an activating group) is 2. The molecule has 104 valence electrons. The lowest BCUT2D eigenvalue weighted by atomic mass is 9.75. The number of carbonyl (C=O) groups excluding carboxylic acids is 1. The zero-order chi connectivity index (χ0) is 13.3. The highest BCUT2D eigenvalue weighted by Gasteiger charge is 2.42. The molecule has 18 heavy (non-hydrogen) atoms. The summed E-state index contributed by atoms with van der Waals surface area (Å²) in [6.45, 7) is 4.87. The second-order valence-electron chi connectivity index (χ2n) is 6.41. The third-order valence-corrected chi connectivity index (χ3v) is 4.98. The summed E-state index contributed by atoms with van der Waals surface area (Å²) < 4.78 is 0. The summed E-state index contributed by atoms with van der Waals surface area (Å²) in [7, 11) is 6.24. The average molecular weight is 253 g/mol. The van der Waals surface area contributed by atoms with Crippen LogP contribution in [-0.4, -0.2) is 62.0 Å². The van der Waals surface area contributed by atoms with Crippen LogP contribution in [0.15, 0.2) is 0 Å². The number of nitrogens with zero attached hydrogens (tertiary/aromatic N) is 2. The first kappa shape index (κ1) is 13.8. The molecule has 2 atom stereocenters. The van der Waals surface area contributed by atoms with Gasteiger partial charge in [-0.3, -0.25) is 4.79 Å². The molecule has 4 nitrogen and oxygen atoms in total. The molecule has 1 N–H and O–H groups in total. The van der Waals surface area contributed by atoms with E-state index < -0.39 is 0 Å². The van der Waals surface area contributed by atoms with E-state index in [0.717, 1.165) is 19.6 Å². The zero-order valence-electron chi connectivity index (χ0n) is 12.2. The normalized spacial score (nSPS) is 30.3. The van der Waals surface area contributed by atoms with Crippen molar-refractivity contribution in [1.82, 2.24) is 15.1 Å². The van der Waals surface area contributed by atoms with Gasteiger partial charge < -0.3 is 15.1 Å². The van der Waals surface area contributed by atoms with Crippen molar-refractivity contribution in [1.29, 1.82) is 0 Å². The predicted octanol–water partition coefficient (Wildman–Crippen LogP) is 0.785. The van der Waals surface area contributed by atoms with Gasteiger partial charge in [-0.1, -0.05) is 6.92 Å². The molecule has 1 saturated carbocycles. The molecule has 0 aromatic heterocycles. The maximum atomic E-state index is 12.5. The Morgan fingerprint density at radius 1 is 1.28 bits per heavy atom. The Hall–Kier alpha value is -0.610. The molecule has 2 unspecified atom stereocenters. The van der Waals surface area contributed by atoms with Crippen LogP contribution in [0.4, 0.5) is 0 Å². The highest BCUT2D eigenvalue weighted by molar-refractivity contribution is 5.79. The summed E-state index contributed by atoms with van der Waals surface area (Å²) in [5.74, 6) is 0.964. The standard InChI is InChI=1S/C14H27N3O/c1-11-8-15-9-12(11)13(18)17(4)10-14(16(2)3)6-5-7-14/h11-12,15H,5-10H2,1-4H3. The number of rotatable bonds is 4.